The van der Waals surface area contributed by atoms with Gasteiger partial charge in [-0.25, -0.2) is 0 Å². The highest BCUT2D eigenvalue weighted by atomic mass is 79.9. The number of likely N-dealkylation sites (N-methyl/N-ethyl adjacent to an activating group) is 1. The van der Waals surface area contributed by atoms with E-state index in [1.165, 1.54) is 11.1 Å². The third-order valence-electron chi connectivity index (χ3n) is 3.69. The number of rotatable bonds is 5. The van der Waals surface area contributed by atoms with E-state index in [1.807, 2.05) is 18.7 Å². The van der Waals surface area contributed by atoms with Gasteiger partial charge in [-0.05, 0) is 37.6 Å². The Morgan fingerprint density at radius 2 is 2.10 bits per heavy atom. The van der Waals surface area contributed by atoms with Gasteiger partial charge >= 0.3 is 0 Å². The van der Waals surface area contributed by atoms with Gasteiger partial charge in [0.1, 0.15) is 0 Å². The fourth-order valence-electron chi connectivity index (χ4n) is 2.53. The van der Waals surface area contributed by atoms with Crippen LogP contribution in [-0.2, 0) is 13.5 Å². The van der Waals surface area contributed by atoms with E-state index in [0.717, 1.165) is 33.8 Å². The molecule has 1 unspecified atom stereocenters. The second kappa shape index (κ2) is 6.95. The minimum absolute atomic E-state index is 0.231. The molecule has 0 saturated heterocycles. The van der Waals surface area contributed by atoms with Crippen LogP contribution in [-0.4, -0.2) is 16.3 Å². The lowest BCUT2D eigenvalue weighted by Crippen LogP contribution is -2.24. The van der Waals surface area contributed by atoms with Gasteiger partial charge in [0.15, 0.2) is 0 Å². The summed E-state index contributed by atoms with van der Waals surface area (Å²) in [6.07, 6.45) is 0.824. The van der Waals surface area contributed by atoms with E-state index in [0.29, 0.717) is 0 Å². The van der Waals surface area contributed by atoms with E-state index < -0.39 is 0 Å². The summed E-state index contributed by atoms with van der Waals surface area (Å²) in [7, 11) is 1.95. The largest absolute Gasteiger partial charge is 0.310 e. The molecule has 1 N–H and O–H groups in total. The molecule has 0 amide bonds. The van der Waals surface area contributed by atoms with Crippen molar-refractivity contribution in [2.45, 2.75) is 33.2 Å². The number of hydrogen-bond acceptors (Lipinski definition) is 2. The molecule has 1 aromatic carbocycles. The quantitative estimate of drug-likeness (QED) is 0.848. The molecule has 0 aliphatic carbocycles. The summed E-state index contributed by atoms with van der Waals surface area (Å²) < 4.78 is 3.02. The van der Waals surface area contributed by atoms with Crippen LogP contribution in [0.5, 0.6) is 0 Å². The fraction of sp³-hybridized carbons (Fsp3) is 0.438. The van der Waals surface area contributed by atoms with Crippen LogP contribution in [0.25, 0.3) is 0 Å². The Morgan fingerprint density at radius 1 is 1.38 bits per heavy atom. The van der Waals surface area contributed by atoms with Crippen molar-refractivity contribution in [3.63, 3.8) is 0 Å². The van der Waals surface area contributed by atoms with Gasteiger partial charge < -0.3 is 5.32 Å². The summed E-state index contributed by atoms with van der Waals surface area (Å²) in [6, 6.07) is 6.70. The Labute approximate surface area is 139 Å². The highest BCUT2D eigenvalue weighted by molar-refractivity contribution is 9.10. The summed E-state index contributed by atoms with van der Waals surface area (Å²) in [5.41, 5.74) is 4.47. The van der Waals surface area contributed by atoms with Crippen molar-refractivity contribution in [1.82, 2.24) is 15.1 Å². The lowest BCUT2D eigenvalue weighted by molar-refractivity contribution is 0.528. The SMILES string of the molecule is CCNC(Cc1c(Cl)c(C)nn1C)c1ccc(Br)c(C)c1. The minimum atomic E-state index is 0.231. The predicted molar refractivity (Wildman–Crippen MR) is 92.0 cm³/mol. The number of aromatic nitrogens is 2. The molecule has 0 spiro atoms. The fourth-order valence-corrected chi connectivity index (χ4v) is 3.02. The zero-order valence-corrected chi connectivity index (χ0v) is 15.2. The van der Waals surface area contributed by atoms with E-state index in [2.05, 4.69) is 58.4 Å². The van der Waals surface area contributed by atoms with Crippen LogP contribution in [0.15, 0.2) is 22.7 Å². The van der Waals surface area contributed by atoms with E-state index in [-0.39, 0.29) is 6.04 Å². The van der Waals surface area contributed by atoms with Gasteiger partial charge in [0.05, 0.1) is 16.4 Å². The maximum atomic E-state index is 6.38. The maximum Gasteiger partial charge on any atom is 0.0847 e. The molecule has 21 heavy (non-hydrogen) atoms. The number of hydrogen-bond donors (Lipinski definition) is 1. The minimum Gasteiger partial charge on any atom is -0.310 e. The molecule has 2 rings (SSSR count). The van der Waals surface area contributed by atoms with Crippen LogP contribution >= 0.6 is 27.5 Å². The van der Waals surface area contributed by atoms with Gasteiger partial charge in [-0.15, -0.1) is 0 Å². The zero-order valence-electron chi connectivity index (χ0n) is 12.9. The van der Waals surface area contributed by atoms with Crippen molar-refractivity contribution in [3.8, 4) is 0 Å². The van der Waals surface area contributed by atoms with Gasteiger partial charge in [-0.2, -0.15) is 5.10 Å². The van der Waals surface area contributed by atoms with Gasteiger partial charge in [0.25, 0.3) is 0 Å². The number of halogens is 2. The molecule has 114 valence electrons. The van der Waals surface area contributed by atoms with Crippen LogP contribution in [0, 0.1) is 13.8 Å². The van der Waals surface area contributed by atoms with Crippen molar-refractivity contribution in [3.05, 3.63) is 50.2 Å². The molecule has 1 atom stereocenters. The average Bonchev–Trinajstić information content (AvgIpc) is 2.68. The normalized spacial score (nSPS) is 12.7. The monoisotopic (exact) mass is 369 g/mol. The third kappa shape index (κ3) is 3.68. The first-order chi connectivity index (χ1) is 9.93. The van der Waals surface area contributed by atoms with E-state index >= 15 is 0 Å². The molecule has 1 heterocycles. The summed E-state index contributed by atoms with van der Waals surface area (Å²) in [6.45, 7) is 7.08. The van der Waals surface area contributed by atoms with E-state index in [9.17, 15) is 0 Å². The van der Waals surface area contributed by atoms with E-state index in [1.54, 1.807) is 0 Å². The standard InChI is InChI=1S/C16H21BrClN3/c1-5-19-14(12-6-7-13(17)10(2)8-12)9-15-16(18)11(3)20-21(15)4/h6-8,14,19H,5,9H2,1-4H3. The Morgan fingerprint density at radius 3 is 2.62 bits per heavy atom. The number of benzene rings is 1. The zero-order chi connectivity index (χ0) is 15.6. The second-order valence-corrected chi connectivity index (χ2v) is 6.53. The van der Waals surface area contributed by atoms with Crippen LogP contribution in [0.2, 0.25) is 5.02 Å². The Kier molecular flexibility index (Phi) is 5.47. The molecule has 3 nitrogen and oxygen atoms in total. The van der Waals surface area contributed by atoms with Gasteiger partial charge in [0.2, 0.25) is 0 Å². The lowest BCUT2D eigenvalue weighted by atomic mass is 10.00. The highest BCUT2D eigenvalue weighted by Crippen LogP contribution is 2.27. The summed E-state index contributed by atoms with van der Waals surface area (Å²) in [4.78, 5) is 0. The molecule has 0 aliphatic rings. The molecule has 5 heteroatoms. The highest BCUT2D eigenvalue weighted by Gasteiger charge is 2.18. The van der Waals surface area contributed by atoms with Crippen molar-refractivity contribution in [1.29, 1.82) is 0 Å². The van der Waals surface area contributed by atoms with Crippen molar-refractivity contribution in [2.24, 2.45) is 7.05 Å². The summed E-state index contributed by atoms with van der Waals surface area (Å²) >= 11 is 9.94. The van der Waals surface area contributed by atoms with Gasteiger partial charge in [0, 0.05) is 24.0 Å². The second-order valence-electron chi connectivity index (χ2n) is 5.29. The van der Waals surface area contributed by atoms with Crippen LogP contribution < -0.4 is 5.32 Å². The maximum absolute atomic E-state index is 6.38. The lowest BCUT2D eigenvalue weighted by Gasteiger charge is -2.19. The van der Waals surface area contributed by atoms with Crippen molar-refractivity contribution < 1.29 is 0 Å². The topological polar surface area (TPSA) is 29.9 Å². The number of nitrogens with one attached hydrogen (secondary N) is 1. The van der Waals surface area contributed by atoms with Crippen LogP contribution in [0.4, 0.5) is 0 Å². The van der Waals surface area contributed by atoms with Crippen LogP contribution in [0.3, 0.4) is 0 Å². The van der Waals surface area contributed by atoms with Crippen molar-refractivity contribution in [2.75, 3.05) is 6.54 Å². The van der Waals surface area contributed by atoms with Gasteiger partial charge in [-0.3, -0.25) is 4.68 Å². The molecule has 0 bridgehead atoms. The number of nitrogens with zero attached hydrogens (tertiary/aromatic N) is 2. The first kappa shape index (κ1) is 16.5. The molecule has 0 fully saturated rings. The molecular weight excluding hydrogens is 350 g/mol. The molecular formula is C16H21BrClN3. The number of aryl methyl sites for hydroxylation is 3. The smallest absolute Gasteiger partial charge is 0.0847 e. The molecule has 0 radical (unpaired) electrons. The molecule has 2 aromatic rings. The van der Waals surface area contributed by atoms with E-state index in [4.69, 9.17) is 11.6 Å². The molecule has 0 aliphatic heterocycles. The van der Waals surface area contributed by atoms with Crippen molar-refractivity contribution >= 4 is 27.5 Å². The average molecular weight is 371 g/mol. The molecule has 0 saturated carbocycles. The first-order valence-corrected chi connectivity index (χ1v) is 8.28. The Bertz CT molecular complexity index is 637. The predicted octanol–water partition coefficient (Wildman–Crippen LogP) is 4.35. The Balaban J connectivity index is 2.32. The first-order valence-electron chi connectivity index (χ1n) is 7.11. The summed E-state index contributed by atoms with van der Waals surface area (Å²) in [5, 5.41) is 8.71. The van der Waals surface area contributed by atoms with Gasteiger partial charge in [-0.1, -0.05) is 46.6 Å². The third-order valence-corrected chi connectivity index (χ3v) is 5.08. The summed E-state index contributed by atoms with van der Waals surface area (Å²) in [5.74, 6) is 0. The van der Waals surface area contributed by atoms with Crippen LogP contribution in [0.1, 0.15) is 35.5 Å². The molecule has 1 aromatic heterocycles. The Hall–Kier alpha value is -0.840.